The van der Waals surface area contributed by atoms with Gasteiger partial charge in [0, 0.05) is 38.2 Å². The van der Waals surface area contributed by atoms with Gasteiger partial charge in [0.05, 0.1) is 18.8 Å². The second kappa shape index (κ2) is 7.05. The number of hydrogen-bond donors (Lipinski definition) is 1. The van der Waals surface area contributed by atoms with Crippen molar-refractivity contribution in [2.24, 2.45) is 5.92 Å². The van der Waals surface area contributed by atoms with E-state index in [0.717, 1.165) is 17.8 Å². The molecule has 26 heavy (non-hydrogen) atoms. The summed E-state index contributed by atoms with van der Waals surface area (Å²) in [6.45, 7) is 2.67. The van der Waals surface area contributed by atoms with E-state index in [1.165, 1.54) is 0 Å². The molecule has 0 spiro atoms. The number of carbonyl (C=O) groups excluding carboxylic acids is 1. The Balaban J connectivity index is 1.47. The van der Waals surface area contributed by atoms with E-state index in [1.807, 2.05) is 53.4 Å². The maximum Gasteiger partial charge on any atom is 0.252 e. The van der Waals surface area contributed by atoms with E-state index >= 15 is 0 Å². The zero-order valence-corrected chi connectivity index (χ0v) is 14.8. The number of rotatable bonds is 5. The van der Waals surface area contributed by atoms with Crippen LogP contribution in [0.1, 0.15) is 11.3 Å². The van der Waals surface area contributed by atoms with Gasteiger partial charge in [0.1, 0.15) is 6.10 Å². The highest BCUT2D eigenvalue weighted by molar-refractivity contribution is 5.84. The molecule has 2 aliphatic rings. The topological polar surface area (TPSA) is 65.9 Å². The van der Waals surface area contributed by atoms with Crippen LogP contribution in [-0.4, -0.2) is 58.1 Å². The van der Waals surface area contributed by atoms with Crippen molar-refractivity contribution in [3.05, 3.63) is 59.8 Å². The normalized spacial score (nSPS) is 25.5. The Kier molecular flexibility index (Phi) is 4.61. The van der Waals surface area contributed by atoms with Crippen molar-refractivity contribution in [2.45, 2.75) is 25.2 Å². The van der Waals surface area contributed by atoms with Gasteiger partial charge in [-0.2, -0.15) is 0 Å². The molecule has 2 aromatic rings. The Labute approximate surface area is 153 Å². The molecular formula is C20H23N3O3. The molecule has 0 saturated carbocycles. The summed E-state index contributed by atoms with van der Waals surface area (Å²) >= 11 is 0. The predicted octanol–water partition coefficient (Wildman–Crippen LogP) is 1.29. The average Bonchev–Trinajstić information content (AvgIpc) is 3.17. The number of likely N-dealkylation sites (tertiary alicyclic amines) is 2. The molecule has 1 aromatic carbocycles. The van der Waals surface area contributed by atoms with E-state index in [9.17, 15) is 9.90 Å². The number of ether oxygens (including phenoxy) is 1. The summed E-state index contributed by atoms with van der Waals surface area (Å²) < 4.78 is 5.19. The fourth-order valence-electron chi connectivity index (χ4n) is 4.04. The lowest BCUT2D eigenvalue weighted by Crippen LogP contribution is -2.38. The van der Waals surface area contributed by atoms with E-state index in [0.29, 0.717) is 25.5 Å². The highest BCUT2D eigenvalue weighted by Gasteiger charge is 2.51. The molecule has 6 heteroatoms. The first-order chi connectivity index (χ1) is 12.7. The van der Waals surface area contributed by atoms with Gasteiger partial charge >= 0.3 is 0 Å². The molecule has 1 N–H and O–H groups in total. The molecule has 0 bridgehead atoms. The SMILES string of the molecule is COc1cccc(CN2C[C@@H]3[C@H](O)C(=O)N(Cc4ccccc4)[C@@H]3C2)n1. The molecule has 2 fully saturated rings. The summed E-state index contributed by atoms with van der Waals surface area (Å²) in [7, 11) is 1.61. The smallest absolute Gasteiger partial charge is 0.252 e. The van der Waals surface area contributed by atoms with E-state index in [-0.39, 0.29) is 17.9 Å². The summed E-state index contributed by atoms with van der Waals surface area (Å²) in [4.78, 5) is 21.1. The number of aromatic nitrogens is 1. The highest BCUT2D eigenvalue weighted by atomic mass is 16.5. The van der Waals surface area contributed by atoms with Crippen LogP contribution < -0.4 is 4.74 Å². The first-order valence-electron chi connectivity index (χ1n) is 8.90. The van der Waals surface area contributed by atoms with Crippen molar-refractivity contribution >= 4 is 5.91 Å². The quantitative estimate of drug-likeness (QED) is 0.878. The number of aliphatic hydroxyl groups is 1. The van der Waals surface area contributed by atoms with E-state index in [4.69, 9.17) is 4.74 Å². The third-order valence-electron chi connectivity index (χ3n) is 5.32. The lowest BCUT2D eigenvalue weighted by atomic mass is 10.0. The Morgan fingerprint density at radius 3 is 2.69 bits per heavy atom. The third kappa shape index (κ3) is 3.18. The van der Waals surface area contributed by atoms with Crippen molar-refractivity contribution in [2.75, 3.05) is 20.2 Å². The molecule has 1 aromatic heterocycles. The Hall–Kier alpha value is -2.44. The van der Waals surface area contributed by atoms with Crippen molar-refractivity contribution in [3.8, 4) is 5.88 Å². The van der Waals surface area contributed by atoms with Crippen LogP contribution in [0.2, 0.25) is 0 Å². The standard InChI is InChI=1S/C20H23N3O3/c1-26-18-9-5-8-15(21-18)11-22-12-16-17(13-22)23(20(25)19(16)24)10-14-6-3-2-4-7-14/h2-9,16-17,19,24H,10-13H2,1H3/t16-,17+,19-/m0/s1. The Morgan fingerprint density at radius 1 is 1.12 bits per heavy atom. The summed E-state index contributed by atoms with van der Waals surface area (Å²) in [5, 5.41) is 10.4. The number of benzene rings is 1. The van der Waals surface area contributed by atoms with Crippen LogP contribution >= 0.6 is 0 Å². The highest BCUT2D eigenvalue weighted by Crippen LogP contribution is 2.34. The zero-order chi connectivity index (χ0) is 18.1. The third-order valence-corrected chi connectivity index (χ3v) is 5.32. The van der Waals surface area contributed by atoms with E-state index in [2.05, 4.69) is 9.88 Å². The van der Waals surface area contributed by atoms with Gasteiger partial charge in [-0.3, -0.25) is 9.69 Å². The minimum absolute atomic E-state index is 0.0446. The predicted molar refractivity (Wildman–Crippen MR) is 96.3 cm³/mol. The van der Waals surface area contributed by atoms with Crippen molar-refractivity contribution in [1.82, 2.24) is 14.8 Å². The molecule has 6 nitrogen and oxygen atoms in total. The summed E-state index contributed by atoms with van der Waals surface area (Å²) in [6.07, 6.45) is -0.910. The lowest BCUT2D eigenvalue weighted by Gasteiger charge is -2.25. The molecule has 1 amide bonds. The molecule has 0 radical (unpaired) electrons. The molecule has 0 unspecified atom stereocenters. The number of nitrogens with zero attached hydrogens (tertiary/aromatic N) is 3. The maximum atomic E-state index is 12.5. The number of pyridine rings is 1. The van der Waals surface area contributed by atoms with Gasteiger partial charge in [-0.15, -0.1) is 0 Å². The molecule has 3 atom stereocenters. The van der Waals surface area contributed by atoms with Crippen LogP contribution in [0.5, 0.6) is 5.88 Å². The van der Waals surface area contributed by atoms with Crippen LogP contribution in [0, 0.1) is 5.92 Å². The molecule has 3 heterocycles. The number of methoxy groups -OCH3 is 1. The molecule has 136 valence electrons. The molecule has 2 aliphatic heterocycles. The van der Waals surface area contributed by atoms with Gasteiger partial charge in [-0.05, 0) is 11.6 Å². The van der Waals surface area contributed by atoms with Crippen LogP contribution in [-0.2, 0) is 17.9 Å². The molecule has 4 rings (SSSR count). The molecular weight excluding hydrogens is 330 g/mol. The zero-order valence-electron chi connectivity index (χ0n) is 14.8. The van der Waals surface area contributed by atoms with Gasteiger partial charge in [0.2, 0.25) is 5.88 Å². The number of aliphatic hydroxyl groups excluding tert-OH is 1. The monoisotopic (exact) mass is 353 g/mol. The summed E-state index contributed by atoms with van der Waals surface area (Å²) in [5.74, 6) is 0.405. The van der Waals surface area contributed by atoms with Crippen LogP contribution in [0.3, 0.4) is 0 Å². The van der Waals surface area contributed by atoms with Gasteiger partial charge < -0.3 is 14.7 Å². The largest absolute Gasteiger partial charge is 0.481 e. The van der Waals surface area contributed by atoms with Crippen molar-refractivity contribution in [3.63, 3.8) is 0 Å². The van der Waals surface area contributed by atoms with Crippen LogP contribution in [0.15, 0.2) is 48.5 Å². The number of hydrogen-bond acceptors (Lipinski definition) is 5. The first kappa shape index (κ1) is 17.0. The minimum atomic E-state index is -0.910. The van der Waals surface area contributed by atoms with Gasteiger partial charge in [-0.1, -0.05) is 36.4 Å². The van der Waals surface area contributed by atoms with Crippen LogP contribution in [0.4, 0.5) is 0 Å². The maximum absolute atomic E-state index is 12.5. The Bertz CT molecular complexity index is 783. The fourth-order valence-corrected chi connectivity index (χ4v) is 4.04. The summed E-state index contributed by atoms with van der Waals surface area (Å²) in [5.41, 5.74) is 2.02. The average molecular weight is 353 g/mol. The van der Waals surface area contributed by atoms with E-state index in [1.54, 1.807) is 7.11 Å². The van der Waals surface area contributed by atoms with Crippen molar-refractivity contribution < 1.29 is 14.6 Å². The van der Waals surface area contributed by atoms with Gasteiger partial charge in [0.25, 0.3) is 5.91 Å². The van der Waals surface area contributed by atoms with E-state index < -0.39 is 6.10 Å². The van der Waals surface area contributed by atoms with Crippen LogP contribution in [0.25, 0.3) is 0 Å². The fraction of sp³-hybridized carbons (Fsp3) is 0.400. The molecule has 2 saturated heterocycles. The second-order valence-corrected chi connectivity index (χ2v) is 6.99. The lowest BCUT2D eigenvalue weighted by molar-refractivity contribution is -0.136. The number of amides is 1. The van der Waals surface area contributed by atoms with Crippen molar-refractivity contribution in [1.29, 1.82) is 0 Å². The Morgan fingerprint density at radius 2 is 1.92 bits per heavy atom. The van der Waals surface area contributed by atoms with Gasteiger partial charge in [0.15, 0.2) is 0 Å². The first-order valence-corrected chi connectivity index (χ1v) is 8.90. The number of fused-ring (bicyclic) bond motifs is 1. The summed E-state index contributed by atoms with van der Waals surface area (Å²) in [6, 6.07) is 15.7. The van der Waals surface area contributed by atoms with Gasteiger partial charge in [-0.25, -0.2) is 4.98 Å². The second-order valence-electron chi connectivity index (χ2n) is 6.99. The molecule has 0 aliphatic carbocycles. The number of carbonyl (C=O) groups is 1. The minimum Gasteiger partial charge on any atom is -0.481 e.